The first-order chi connectivity index (χ1) is 7.90. The second kappa shape index (κ2) is 5.77. The van der Waals surface area contributed by atoms with Gasteiger partial charge in [0.25, 0.3) is 6.43 Å². The normalized spacial score (nSPS) is 11.2. The molecule has 0 amide bonds. The molecule has 0 spiro atoms. The quantitative estimate of drug-likeness (QED) is 0.589. The van der Waals surface area contributed by atoms with Crippen LogP contribution in [0.2, 0.25) is 0 Å². The fourth-order valence-electron chi connectivity index (χ4n) is 1.34. The van der Waals surface area contributed by atoms with Gasteiger partial charge in [-0.15, -0.1) is 0 Å². The van der Waals surface area contributed by atoms with Gasteiger partial charge in [-0.2, -0.15) is 0 Å². The van der Waals surface area contributed by atoms with Crippen LogP contribution in [0, 0.1) is 11.6 Å². The molecule has 6 heteroatoms. The van der Waals surface area contributed by atoms with Crippen molar-refractivity contribution in [2.45, 2.75) is 6.43 Å². The highest BCUT2D eigenvalue weighted by molar-refractivity contribution is 5.97. The van der Waals surface area contributed by atoms with E-state index in [0.29, 0.717) is 0 Å². The summed E-state index contributed by atoms with van der Waals surface area (Å²) in [4.78, 5) is 12.6. The highest BCUT2D eigenvalue weighted by Gasteiger charge is 2.16. The first-order valence-electron chi connectivity index (χ1n) is 4.85. The largest absolute Gasteiger partial charge is 0.293 e. The van der Waals surface area contributed by atoms with E-state index in [1.165, 1.54) is 7.05 Å². The van der Waals surface area contributed by atoms with Crippen LogP contribution in [0.15, 0.2) is 18.2 Å². The number of rotatable bonds is 5. The van der Waals surface area contributed by atoms with Crippen molar-refractivity contribution in [1.29, 1.82) is 0 Å². The van der Waals surface area contributed by atoms with Gasteiger partial charge in [-0.1, -0.05) is 0 Å². The third-order valence-electron chi connectivity index (χ3n) is 2.09. The highest BCUT2D eigenvalue weighted by atomic mass is 19.3. The van der Waals surface area contributed by atoms with E-state index < -0.39 is 36.0 Å². The zero-order valence-corrected chi connectivity index (χ0v) is 9.09. The molecule has 0 saturated carbocycles. The summed E-state index contributed by atoms with van der Waals surface area (Å²) in [7, 11) is 1.31. The van der Waals surface area contributed by atoms with Gasteiger partial charge in [-0.05, 0) is 25.2 Å². The van der Waals surface area contributed by atoms with Crippen LogP contribution in [0.1, 0.15) is 10.4 Å². The molecule has 0 bridgehead atoms. The molecule has 0 aliphatic heterocycles. The Balaban J connectivity index is 2.73. The summed E-state index contributed by atoms with van der Waals surface area (Å²) < 4.78 is 50.0. The van der Waals surface area contributed by atoms with Crippen molar-refractivity contribution in [1.82, 2.24) is 4.90 Å². The molecule has 0 aromatic heterocycles. The average Bonchev–Trinajstić information content (AvgIpc) is 2.20. The predicted molar refractivity (Wildman–Crippen MR) is 54.2 cm³/mol. The van der Waals surface area contributed by atoms with Crippen LogP contribution in [0.25, 0.3) is 0 Å². The van der Waals surface area contributed by atoms with E-state index >= 15 is 0 Å². The van der Waals surface area contributed by atoms with Crippen LogP contribution in [0.3, 0.4) is 0 Å². The maximum absolute atomic E-state index is 13.2. The van der Waals surface area contributed by atoms with E-state index in [-0.39, 0.29) is 6.54 Å². The summed E-state index contributed by atoms with van der Waals surface area (Å²) in [6, 6.07) is 2.47. The number of carbonyl (C=O) groups excluding carboxylic acids is 1. The van der Waals surface area contributed by atoms with Crippen molar-refractivity contribution in [2.75, 3.05) is 20.1 Å². The van der Waals surface area contributed by atoms with E-state index in [9.17, 15) is 22.4 Å². The number of nitrogens with zero attached hydrogens (tertiary/aromatic N) is 1. The molecule has 17 heavy (non-hydrogen) atoms. The maximum Gasteiger partial charge on any atom is 0.251 e. The summed E-state index contributed by atoms with van der Waals surface area (Å²) >= 11 is 0. The molecular weight excluding hydrogens is 238 g/mol. The minimum atomic E-state index is -2.58. The number of alkyl halides is 2. The number of benzene rings is 1. The van der Waals surface area contributed by atoms with Crippen LogP contribution in [-0.2, 0) is 0 Å². The lowest BCUT2D eigenvalue weighted by Crippen LogP contribution is -2.30. The van der Waals surface area contributed by atoms with Crippen LogP contribution in [0.4, 0.5) is 17.6 Å². The summed E-state index contributed by atoms with van der Waals surface area (Å²) in [5.41, 5.74) is -0.425. The van der Waals surface area contributed by atoms with Crippen molar-refractivity contribution < 1.29 is 22.4 Å². The lowest BCUT2D eigenvalue weighted by Gasteiger charge is -2.14. The molecule has 0 unspecified atom stereocenters. The second-order valence-electron chi connectivity index (χ2n) is 3.64. The van der Waals surface area contributed by atoms with Crippen molar-refractivity contribution in [2.24, 2.45) is 0 Å². The number of Topliss-reactive ketones (excluding diaryl/α,β-unsaturated/α-hetero) is 1. The number of ketones is 1. The summed E-state index contributed by atoms with van der Waals surface area (Å²) in [6.45, 7) is -0.979. The molecule has 1 aromatic carbocycles. The minimum Gasteiger partial charge on any atom is -0.293 e. The molecule has 0 radical (unpaired) electrons. The molecule has 0 heterocycles. The Bertz CT molecular complexity index is 408. The van der Waals surface area contributed by atoms with E-state index in [2.05, 4.69) is 0 Å². The Morgan fingerprint density at radius 3 is 2.59 bits per heavy atom. The van der Waals surface area contributed by atoms with E-state index in [0.717, 1.165) is 23.1 Å². The number of carbonyl (C=O) groups is 1. The van der Waals surface area contributed by atoms with Crippen LogP contribution < -0.4 is 0 Å². The fourth-order valence-corrected chi connectivity index (χ4v) is 1.34. The predicted octanol–water partition coefficient (Wildman–Crippen LogP) is 2.34. The van der Waals surface area contributed by atoms with Crippen molar-refractivity contribution in [3.63, 3.8) is 0 Å². The van der Waals surface area contributed by atoms with E-state index in [1.54, 1.807) is 0 Å². The van der Waals surface area contributed by atoms with Crippen molar-refractivity contribution in [3.8, 4) is 0 Å². The monoisotopic (exact) mass is 249 g/mol. The third-order valence-corrected chi connectivity index (χ3v) is 2.09. The van der Waals surface area contributed by atoms with Crippen molar-refractivity contribution in [3.05, 3.63) is 35.4 Å². The number of halogens is 4. The van der Waals surface area contributed by atoms with Gasteiger partial charge in [0.2, 0.25) is 0 Å². The van der Waals surface area contributed by atoms with Crippen LogP contribution in [0.5, 0.6) is 0 Å². The highest BCUT2D eigenvalue weighted by Crippen LogP contribution is 2.11. The smallest absolute Gasteiger partial charge is 0.251 e. The Morgan fingerprint density at radius 2 is 2.00 bits per heavy atom. The first-order valence-corrected chi connectivity index (χ1v) is 4.85. The van der Waals surface area contributed by atoms with Crippen LogP contribution in [-0.4, -0.2) is 37.2 Å². The molecule has 1 rings (SSSR count). The van der Waals surface area contributed by atoms with Gasteiger partial charge in [-0.25, -0.2) is 17.6 Å². The zero-order chi connectivity index (χ0) is 13.0. The molecule has 1 aromatic rings. The average molecular weight is 249 g/mol. The summed E-state index contributed by atoms with van der Waals surface area (Å²) in [5, 5.41) is 0. The van der Waals surface area contributed by atoms with Gasteiger partial charge in [0.1, 0.15) is 11.6 Å². The lowest BCUT2D eigenvalue weighted by molar-refractivity contribution is 0.0816. The molecule has 0 atom stereocenters. The Labute approximate surface area is 95.8 Å². The second-order valence-corrected chi connectivity index (χ2v) is 3.64. The molecule has 0 fully saturated rings. The van der Waals surface area contributed by atoms with Gasteiger partial charge >= 0.3 is 0 Å². The Morgan fingerprint density at radius 1 is 1.35 bits per heavy atom. The summed E-state index contributed by atoms with van der Waals surface area (Å²) in [5.74, 6) is -2.33. The Kier molecular flexibility index (Phi) is 4.62. The maximum atomic E-state index is 13.2. The Hall–Kier alpha value is -1.43. The molecule has 0 N–H and O–H groups in total. The van der Waals surface area contributed by atoms with Gasteiger partial charge in [0.15, 0.2) is 5.78 Å². The number of hydrogen-bond acceptors (Lipinski definition) is 2. The SMILES string of the molecule is CN(CC(=O)c1cc(F)ccc1F)CC(F)F. The summed E-state index contributed by atoms with van der Waals surface area (Å²) in [6.07, 6.45) is -2.58. The minimum absolute atomic E-state index is 0.384. The lowest BCUT2D eigenvalue weighted by atomic mass is 10.1. The molecule has 0 aliphatic rings. The van der Waals surface area contributed by atoms with Gasteiger partial charge in [0, 0.05) is 0 Å². The molecule has 2 nitrogen and oxygen atoms in total. The molecule has 0 aliphatic carbocycles. The topological polar surface area (TPSA) is 20.3 Å². The van der Waals surface area contributed by atoms with Gasteiger partial charge in [-0.3, -0.25) is 9.69 Å². The fraction of sp³-hybridized carbons (Fsp3) is 0.364. The van der Waals surface area contributed by atoms with E-state index in [4.69, 9.17) is 0 Å². The first kappa shape index (κ1) is 13.6. The number of hydrogen-bond donors (Lipinski definition) is 0. The van der Waals surface area contributed by atoms with Gasteiger partial charge < -0.3 is 0 Å². The van der Waals surface area contributed by atoms with E-state index in [1.807, 2.05) is 0 Å². The van der Waals surface area contributed by atoms with Crippen molar-refractivity contribution >= 4 is 5.78 Å². The molecule has 94 valence electrons. The van der Waals surface area contributed by atoms with Crippen LogP contribution >= 0.6 is 0 Å². The number of likely N-dealkylation sites (N-methyl/N-ethyl adjacent to an activating group) is 1. The molecule has 0 saturated heterocycles. The molecular formula is C11H11F4NO. The van der Waals surface area contributed by atoms with Gasteiger partial charge in [0.05, 0.1) is 18.7 Å². The third kappa shape index (κ3) is 4.14. The zero-order valence-electron chi connectivity index (χ0n) is 9.09. The standard InChI is InChI=1S/C11H11F4NO/c1-16(6-11(14)15)5-10(17)8-4-7(12)2-3-9(8)13/h2-4,11H,5-6H2,1H3.